The summed E-state index contributed by atoms with van der Waals surface area (Å²) in [5.74, 6) is 0. The van der Waals surface area contributed by atoms with E-state index in [1.165, 1.54) is 5.39 Å². The van der Waals surface area contributed by atoms with E-state index in [-0.39, 0.29) is 5.56 Å². The molecule has 4 nitrogen and oxygen atoms in total. The van der Waals surface area contributed by atoms with E-state index in [0.717, 1.165) is 71.6 Å². The van der Waals surface area contributed by atoms with Crippen molar-refractivity contribution in [2.45, 2.75) is 0 Å². The third-order valence-corrected chi connectivity index (χ3v) is 9.61. The van der Waals surface area contributed by atoms with E-state index in [1.54, 1.807) is 0 Å². The van der Waals surface area contributed by atoms with Crippen LogP contribution in [0.4, 0.5) is 0 Å². The van der Waals surface area contributed by atoms with Crippen LogP contribution >= 0.6 is 0 Å². The minimum atomic E-state index is -0.0288. The highest BCUT2D eigenvalue weighted by molar-refractivity contribution is 6.27. The fourth-order valence-electron chi connectivity index (χ4n) is 7.66. The van der Waals surface area contributed by atoms with Crippen LogP contribution in [0, 0.1) is 0 Å². The van der Waals surface area contributed by atoms with Crippen LogP contribution in [0.5, 0.6) is 0 Å². The van der Waals surface area contributed by atoms with Crippen molar-refractivity contribution in [1.29, 1.82) is 0 Å². The molecule has 0 N–H and O–H groups in total. The summed E-state index contributed by atoms with van der Waals surface area (Å²) in [6.07, 6.45) is 0. The average molecular weight is 602 g/mol. The van der Waals surface area contributed by atoms with Crippen molar-refractivity contribution in [3.63, 3.8) is 0 Å². The SMILES string of the molecule is O=c1c2cc3c4ccccc4n(-c4ccccc4)c3cc2c2c(ccc3c4ccccc4n(-c4ccccc4)c32)n1-c1ccccc1. The van der Waals surface area contributed by atoms with Crippen molar-refractivity contribution < 1.29 is 0 Å². The first-order valence-corrected chi connectivity index (χ1v) is 15.9. The molecule has 3 heterocycles. The molecule has 0 radical (unpaired) electrons. The molecule has 0 aliphatic carbocycles. The molecule has 0 aliphatic heterocycles. The zero-order valence-corrected chi connectivity index (χ0v) is 25.3. The first-order valence-electron chi connectivity index (χ1n) is 15.9. The quantitative estimate of drug-likeness (QED) is 0.185. The van der Waals surface area contributed by atoms with E-state index in [4.69, 9.17) is 0 Å². The van der Waals surface area contributed by atoms with Crippen molar-refractivity contribution in [2.24, 2.45) is 0 Å². The zero-order valence-electron chi connectivity index (χ0n) is 25.3. The first kappa shape index (κ1) is 25.9. The van der Waals surface area contributed by atoms with Crippen molar-refractivity contribution in [1.82, 2.24) is 13.7 Å². The number of rotatable bonds is 3. The fourth-order valence-corrected chi connectivity index (χ4v) is 7.66. The van der Waals surface area contributed by atoms with Gasteiger partial charge in [-0.2, -0.15) is 0 Å². The largest absolute Gasteiger partial charge is 0.309 e. The molecule has 10 aromatic rings. The van der Waals surface area contributed by atoms with E-state index in [1.807, 2.05) is 41.0 Å². The molecule has 4 heteroatoms. The van der Waals surface area contributed by atoms with Crippen molar-refractivity contribution in [3.8, 4) is 17.1 Å². The summed E-state index contributed by atoms with van der Waals surface area (Å²) in [5.41, 5.74) is 8.26. The summed E-state index contributed by atoms with van der Waals surface area (Å²) >= 11 is 0. The molecule has 0 unspecified atom stereocenters. The van der Waals surface area contributed by atoms with Crippen molar-refractivity contribution in [3.05, 3.63) is 174 Å². The van der Waals surface area contributed by atoms with Gasteiger partial charge >= 0.3 is 0 Å². The van der Waals surface area contributed by atoms with Gasteiger partial charge in [-0.1, -0.05) is 97.1 Å². The maximum absolute atomic E-state index is 14.8. The molecule has 0 spiro atoms. The highest BCUT2D eigenvalue weighted by Crippen LogP contribution is 2.41. The lowest BCUT2D eigenvalue weighted by Crippen LogP contribution is -2.19. The lowest BCUT2D eigenvalue weighted by Gasteiger charge is -2.17. The molecular weight excluding hydrogens is 574 g/mol. The van der Waals surface area contributed by atoms with Gasteiger partial charge in [0.05, 0.1) is 27.6 Å². The van der Waals surface area contributed by atoms with Crippen molar-refractivity contribution in [2.75, 3.05) is 0 Å². The van der Waals surface area contributed by atoms with Gasteiger partial charge in [0, 0.05) is 54.8 Å². The van der Waals surface area contributed by atoms with Gasteiger partial charge in [0.15, 0.2) is 0 Å². The maximum atomic E-state index is 14.8. The lowest BCUT2D eigenvalue weighted by molar-refractivity contribution is 1.06. The number of hydrogen-bond acceptors (Lipinski definition) is 1. The summed E-state index contributed by atoms with van der Waals surface area (Å²) in [5, 5.41) is 7.20. The summed E-state index contributed by atoms with van der Waals surface area (Å²) in [4.78, 5) is 14.8. The lowest BCUT2D eigenvalue weighted by atomic mass is 10.00. The zero-order chi connectivity index (χ0) is 31.1. The van der Waals surface area contributed by atoms with Gasteiger partial charge in [-0.3, -0.25) is 9.36 Å². The topological polar surface area (TPSA) is 31.9 Å². The number of pyridine rings is 1. The van der Waals surface area contributed by atoms with Crippen LogP contribution < -0.4 is 5.56 Å². The Hall–Kier alpha value is -6.39. The standard InChI is InChI=1S/C43H27N3O/c47-43-36-26-34-32-21-11-12-22-37(32)44(28-14-4-1-5-15-28)40(34)27-35(36)41-39(46(43)30-18-8-3-9-19-30)25-24-33-31-20-10-13-23-38(31)45(42(33)41)29-16-6-2-7-17-29/h1-27H. The Morgan fingerprint density at radius 3 is 1.47 bits per heavy atom. The predicted molar refractivity (Wildman–Crippen MR) is 196 cm³/mol. The van der Waals surface area contributed by atoms with Crippen LogP contribution in [0.15, 0.2) is 169 Å². The molecule has 0 aliphatic rings. The van der Waals surface area contributed by atoms with Crippen LogP contribution in [0.3, 0.4) is 0 Å². The van der Waals surface area contributed by atoms with Gasteiger partial charge in [0.25, 0.3) is 5.56 Å². The molecule has 0 saturated heterocycles. The highest BCUT2D eigenvalue weighted by Gasteiger charge is 2.22. The summed E-state index contributed by atoms with van der Waals surface area (Å²) in [6, 6.07) is 56.8. The maximum Gasteiger partial charge on any atom is 0.263 e. The van der Waals surface area contributed by atoms with Gasteiger partial charge in [-0.05, 0) is 66.7 Å². The normalized spacial score (nSPS) is 11.9. The fraction of sp³-hybridized carbons (Fsp3) is 0. The van der Waals surface area contributed by atoms with E-state index in [9.17, 15) is 4.79 Å². The Kier molecular flexibility index (Phi) is 5.40. The molecular formula is C43H27N3O. The van der Waals surface area contributed by atoms with Gasteiger partial charge in [0.2, 0.25) is 0 Å². The molecule has 220 valence electrons. The number of fused-ring (bicyclic) bond motifs is 10. The minimum Gasteiger partial charge on any atom is -0.309 e. The van der Waals surface area contributed by atoms with Crippen LogP contribution in [-0.2, 0) is 0 Å². The third-order valence-electron chi connectivity index (χ3n) is 9.61. The number of nitrogens with zero attached hydrogens (tertiary/aromatic N) is 3. The Bertz CT molecular complexity index is 2900. The third kappa shape index (κ3) is 3.61. The summed E-state index contributed by atoms with van der Waals surface area (Å²) < 4.78 is 6.58. The summed E-state index contributed by atoms with van der Waals surface area (Å²) in [7, 11) is 0. The molecule has 0 bridgehead atoms. The van der Waals surface area contributed by atoms with Gasteiger partial charge < -0.3 is 9.13 Å². The first-order chi connectivity index (χ1) is 23.3. The molecule has 10 rings (SSSR count). The highest BCUT2D eigenvalue weighted by atomic mass is 16.1. The number of hydrogen-bond donors (Lipinski definition) is 0. The van der Waals surface area contributed by atoms with E-state index >= 15 is 0 Å². The number of aromatic nitrogens is 3. The van der Waals surface area contributed by atoms with Gasteiger partial charge in [-0.25, -0.2) is 0 Å². The van der Waals surface area contributed by atoms with Crippen molar-refractivity contribution >= 4 is 65.3 Å². The second-order valence-electron chi connectivity index (χ2n) is 12.1. The molecule has 0 amide bonds. The van der Waals surface area contributed by atoms with E-state index < -0.39 is 0 Å². The van der Waals surface area contributed by atoms with Gasteiger partial charge in [-0.15, -0.1) is 0 Å². The number of para-hydroxylation sites is 5. The summed E-state index contributed by atoms with van der Waals surface area (Å²) in [6.45, 7) is 0. The van der Waals surface area contributed by atoms with Crippen LogP contribution in [0.2, 0.25) is 0 Å². The Balaban J connectivity index is 1.51. The number of benzene rings is 7. The van der Waals surface area contributed by atoms with Crippen LogP contribution in [-0.4, -0.2) is 13.7 Å². The predicted octanol–water partition coefficient (Wildman–Crippen LogP) is 10.3. The second kappa shape index (κ2) is 9.80. The van der Waals surface area contributed by atoms with E-state index in [0.29, 0.717) is 5.39 Å². The molecule has 3 aromatic heterocycles. The molecule has 7 aromatic carbocycles. The Morgan fingerprint density at radius 1 is 0.319 bits per heavy atom. The smallest absolute Gasteiger partial charge is 0.263 e. The average Bonchev–Trinajstić information content (AvgIpc) is 3.65. The minimum absolute atomic E-state index is 0.0288. The molecule has 47 heavy (non-hydrogen) atoms. The van der Waals surface area contributed by atoms with E-state index in [2.05, 4.69) is 137 Å². The molecule has 0 saturated carbocycles. The van der Waals surface area contributed by atoms with Gasteiger partial charge in [0.1, 0.15) is 0 Å². The van der Waals surface area contributed by atoms with Crippen LogP contribution in [0.1, 0.15) is 0 Å². The van der Waals surface area contributed by atoms with Crippen LogP contribution in [0.25, 0.3) is 82.3 Å². The Labute approximate surface area is 269 Å². The monoisotopic (exact) mass is 601 g/mol. The second-order valence-corrected chi connectivity index (χ2v) is 12.1. The Morgan fingerprint density at radius 2 is 0.830 bits per heavy atom. The molecule has 0 fully saturated rings. The molecule has 0 atom stereocenters.